The Hall–Kier alpha value is -5.57. The maximum atomic E-state index is 13.2. The van der Waals surface area contributed by atoms with Crippen LogP contribution in [0.25, 0.3) is 0 Å². The molecule has 0 aliphatic carbocycles. The van der Waals surface area contributed by atoms with Crippen LogP contribution >= 0.6 is 0 Å². The Morgan fingerprint density at radius 2 is 0.974 bits per heavy atom. The van der Waals surface area contributed by atoms with E-state index in [-0.39, 0.29) is 33.8 Å². The Balaban J connectivity index is 1.75. The van der Waals surface area contributed by atoms with Crippen LogP contribution in [-0.2, 0) is 0 Å². The molecule has 9 nitrogen and oxygen atoms in total. The van der Waals surface area contributed by atoms with Gasteiger partial charge in [0.2, 0.25) is 0 Å². The first-order valence-electron chi connectivity index (χ1n) is 11.4. The molecule has 0 saturated heterocycles. The summed E-state index contributed by atoms with van der Waals surface area (Å²) in [6.45, 7) is 0. The van der Waals surface area contributed by atoms with E-state index in [0.717, 1.165) is 0 Å². The number of carboxylic acid groups (broad SMARTS) is 2. The fourth-order valence-electron chi connectivity index (χ4n) is 3.69. The highest BCUT2D eigenvalue weighted by molar-refractivity contribution is 6.19. The fraction of sp³-hybridized carbons (Fsp3) is 0. The van der Waals surface area contributed by atoms with E-state index in [0.29, 0.717) is 11.3 Å². The van der Waals surface area contributed by atoms with Gasteiger partial charge in [-0.3, -0.25) is 9.59 Å². The summed E-state index contributed by atoms with van der Waals surface area (Å²) in [6.07, 6.45) is 0. The summed E-state index contributed by atoms with van der Waals surface area (Å²) in [5, 5.41) is 24.4. The predicted molar refractivity (Wildman–Crippen MR) is 141 cm³/mol. The van der Waals surface area contributed by atoms with Gasteiger partial charge in [-0.25, -0.2) is 14.6 Å². The van der Waals surface area contributed by atoms with Crippen LogP contribution in [0, 0.1) is 0 Å². The molecule has 4 aromatic carbocycles. The first kappa shape index (κ1) is 25.5. The Kier molecular flexibility index (Phi) is 7.69. The normalized spacial score (nSPS) is 10.9. The molecule has 38 heavy (non-hydrogen) atoms. The van der Waals surface area contributed by atoms with Crippen molar-refractivity contribution in [2.24, 2.45) is 4.99 Å². The van der Waals surface area contributed by atoms with Crippen molar-refractivity contribution in [3.8, 4) is 0 Å². The molecule has 9 heteroatoms. The second-order valence-corrected chi connectivity index (χ2v) is 7.95. The lowest BCUT2D eigenvalue weighted by molar-refractivity contribution is 0.0683. The maximum absolute atomic E-state index is 13.2. The Morgan fingerprint density at radius 1 is 0.526 bits per heavy atom. The molecule has 0 unspecified atom stereocenters. The minimum absolute atomic E-state index is 0.0452. The number of amidine groups is 1. The van der Waals surface area contributed by atoms with Gasteiger partial charge in [-0.15, -0.1) is 0 Å². The molecule has 4 rings (SSSR count). The van der Waals surface area contributed by atoms with Gasteiger partial charge in [0.05, 0.1) is 33.6 Å². The number of carbonyl (C=O) groups excluding carboxylic acids is 2. The summed E-state index contributed by atoms with van der Waals surface area (Å²) < 4.78 is 0. The van der Waals surface area contributed by atoms with Gasteiger partial charge in [0.1, 0.15) is 5.84 Å². The first-order chi connectivity index (χ1) is 18.3. The molecule has 0 spiro atoms. The number of aromatic carboxylic acids is 2. The molecule has 188 valence electrons. The zero-order valence-electron chi connectivity index (χ0n) is 19.8. The number of aliphatic imine (C=N–C) groups is 1. The van der Waals surface area contributed by atoms with E-state index in [9.17, 15) is 29.4 Å². The third-order valence-electron chi connectivity index (χ3n) is 5.46. The van der Waals surface area contributed by atoms with Gasteiger partial charge in [-0.05, 0) is 48.5 Å². The highest BCUT2D eigenvalue weighted by atomic mass is 16.4. The second-order valence-electron chi connectivity index (χ2n) is 7.95. The number of carboxylic acids is 2. The number of amides is 2. The number of para-hydroxylation sites is 2. The molecule has 4 N–H and O–H groups in total. The van der Waals surface area contributed by atoms with Crippen molar-refractivity contribution < 1.29 is 29.4 Å². The highest BCUT2D eigenvalue weighted by Crippen LogP contribution is 2.21. The number of nitrogens with one attached hydrogen (secondary N) is 2. The molecule has 0 aliphatic heterocycles. The van der Waals surface area contributed by atoms with Crippen molar-refractivity contribution in [1.82, 2.24) is 5.32 Å². The molecular weight excluding hydrogens is 486 g/mol. The predicted octanol–water partition coefficient (Wildman–Crippen LogP) is 4.84. The van der Waals surface area contributed by atoms with Crippen molar-refractivity contribution >= 4 is 41.0 Å². The van der Waals surface area contributed by atoms with Crippen molar-refractivity contribution in [1.29, 1.82) is 0 Å². The summed E-state index contributed by atoms with van der Waals surface area (Å²) >= 11 is 0. The maximum Gasteiger partial charge on any atom is 0.336 e. The molecule has 0 saturated carbocycles. The molecule has 4 aromatic rings. The summed E-state index contributed by atoms with van der Waals surface area (Å²) in [6, 6.07) is 26.8. The molecular formula is C29H21N3O6. The molecule has 0 heterocycles. The fourth-order valence-corrected chi connectivity index (χ4v) is 3.69. The lowest BCUT2D eigenvalue weighted by Gasteiger charge is -2.16. The highest BCUT2D eigenvalue weighted by Gasteiger charge is 2.21. The Morgan fingerprint density at radius 3 is 1.53 bits per heavy atom. The Bertz CT molecular complexity index is 1560. The van der Waals surface area contributed by atoms with Gasteiger partial charge >= 0.3 is 11.9 Å². The van der Waals surface area contributed by atoms with Crippen LogP contribution in [-0.4, -0.2) is 39.8 Å². The van der Waals surface area contributed by atoms with Crippen molar-refractivity contribution in [3.05, 3.63) is 131 Å². The first-order valence-corrected chi connectivity index (χ1v) is 11.4. The third kappa shape index (κ3) is 5.80. The zero-order chi connectivity index (χ0) is 27.1. The smallest absolute Gasteiger partial charge is 0.336 e. The van der Waals surface area contributed by atoms with Gasteiger partial charge in [0.15, 0.2) is 0 Å². The minimum Gasteiger partial charge on any atom is -0.478 e. The molecule has 0 aliphatic rings. The van der Waals surface area contributed by atoms with E-state index in [1.807, 2.05) is 0 Å². The number of benzene rings is 4. The van der Waals surface area contributed by atoms with E-state index >= 15 is 0 Å². The van der Waals surface area contributed by atoms with Crippen LogP contribution in [0.5, 0.6) is 0 Å². The number of nitrogens with zero attached hydrogens (tertiary/aromatic N) is 1. The number of hydrogen-bond acceptors (Lipinski definition) is 5. The Labute approximate surface area is 217 Å². The lowest BCUT2D eigenvalue weighted by Crippen LogP contribution is -2.33. The van der Waals surface area contributed by atoms with E-state index in [2.05, 4.69) is 15.6 Å². The summed E-state index contributed by atoms with van der Waals surface area (Å²) in [5.74, 6) is -3.85. The van der Waals surface area contributed by atoms with Crippen molar-refractivity contribution in [3.63, 3.8) is 0 Å². The van der Waals surface area contributed by atoms with Gasteiger partial charge < -0.3 is 20.8 Å². The topological polar surface area (TPSA) is 145 Å². The largest absolute Gasteiger partial charge is 0.478 e. The third-order valence-corrected chi connectivity index (χ3v) is 5.46. The van der Waals surface area contributed by atoms with Crippen molar-refractivity contribution in [2.45, 2.75) is 0 Å². The van der Waals surface area contributed by atoms with Crippen LogP contribution in [0.4, 0.5) is 11.4 Å². The summed E-state index contributed by atoms with van der Waals surface area (Å²) in [4.78, 5) is 54.1. The molecule has 2 amide bonds. The molecule has 0 aromatic heterocycles. The van der Waals surface area contributed by atoms with Crippen LogP contribution < -0.4 is 10.6 Å². The number of carbonyl (C=O) groups is 4. The van der Waals surface area contributed by atoms with E-state index in [1.165, 1.54) is 36.4 Å². The summed E-state index contributed by atoms with van der Waals surface area (Å²) in [5.41, 5.74) is 0.591. The number of hydrogen-bond donors (Lipinski definition) is 4. The summed E-state index contributed by atoms with van der Waals surface area (Å²) in [7, 11) is 0. The SMILES string of the molecule is O=C(O)c1ccccc1C(=O)NC(=Nc1ccccc1)c1ccccc1NC(=O)c1ccccc1C(=O)O. The van der Waals surface area contributed by atoms with Gasteiger partial charge in [-0.2, -0.15) is 0 Å². The van der Waals surface area contributed by atoms with Crippen LogP contribution in [0.2, 0.25) is 0 Å². The quantitative estimate of drug-likeness (QED) is 0.208. The van der Waals surface area contributed by atoms with E-state index in [4.69, 9.17) is 0 Å². The van der Waals surface area contributed by atoms with E-state index in [1.54, 1.807) is 66.7 Å². The lowest BCUT2D eigenvalue weighted by atomic mass is 10.1. The van der Waals surface area contributed by atoms with Gasteiger partial charge in [0.25, 0.3) is 11.8 Å². The van der Waals surface area contributed by atoms with Gasteiger partial charge in [0, 0.05) is 5.56 Å². The molecule has 0 atom stereocenters. The number of rotatable bonds is 7. The average Bonchev–Trinajstić information content (AvgIpc) is 2.93. The van der Waals surface area contributed by atoms with Crippen LogP contribution in [0.1, 0.15) is 47.0 Å². The number of anilines is 1. The molecule has 0 radical (unpaired) electrons. The molecule has 0 bridgehead atoms. The van der Waals surface area contributed by atoms with E-state index < -0.39 is 23.8 Å². The van der Waals surface area contributed by atoms with Crippen LogP contribution in [0.3, 0.4) is 0 Å². The van der Waals surface area contributed by atoms with Gasteiger partial charge in [-0.1, -0.05) is 54.6 Å². The van der Waals surface area contributed by atoms with Crippen LogP contribution in [0.15, 0.2) is 108 Å². The standard InChI is InChI=1S/C29H21N3O6/c33-26(19-12-4-6-14-21(19)28(35)36)31-24-17-9-8-16-23(24)25(30-18-10-2-1-3-11-18)32-27(34)20-13-5-7-15-22(20)29(37)38/h1-17H,(H,31,33)(H,35,36)(H,37,38)(H,30,32,34). The second kappa shape index (κ2) is 11.4. The zero-order valence-corrected chi connectivity index (χ0v) is 19.8. The monoisotopic (exact) mass is 507 g/mol. The minimum atomic E-state index is -1.26. The average molecular weight is 508 g/mol. The molecule has 0 fully saturated rings. The van der Waals surface area contributed by atoms with Crippen molar-refractivity contribution in [2.75, 3.05) is 5.32 Å².